The molecule has 0 aromatic rings. The second kappa shape index (κ2) is 3.65. The SMILES string of the molecule is [2H][C@]1(O)[C@H](O)[C@@H](CO)OC(O)[C@@H]1O. The summed E-state index contributed by atoms with van der Waals surface area (Å²) in [6.07, 6.45) is -9.39. The zero-order valence-electron chi connectivity index (χ0n) is 7.16. The summed E-state index contributed by atoms with van der Waals surface area (Å²) in [5.74, 6) is 0. The molecular weight excluding hydrogens is 168 g/mol. The number of ether oxygens (including phenoxy) is 1. The van der Waals surface area contributed by atoms with Crippen molar-refractivity contribution in [3.05, 3.63) is 0 Å². The van der Waals surface area contributed by atoms with Gasteiger partial charge in [-0.3, -0.25) is 0 Å². The van der Waals surface area contributed by atoms with E-state index in [0.717, 1.165) is 0 Å². The van der Waals surface area contributed by atoms with Gasteiger partial charge in [-0.2, -0.15) is 0 Å². The standard InChI is InChI=1S/C6H12O6/c7-1-2-3(8)4(9)5(10)6(11)12-2/h2-11H,1H2/t2-,3-,4+,5-,6?/m1/s1/i4D. The average molecular weight is 181 g/mol. The zero-order valence-corrected chi connectivity index (χ0v) is 6.16. The molecule has 1 fully saturated rings. The van der Waals surface area contributed by atoms with Crippen molar-refractivity contribution >= 4 is 0 Å². The molecule has 12 heavy (non-hydrogen) atoms. The zero-order chi connectivity index (χ0) is 10.2. The molecule has 0 bridgehead atoms. The van der Waals surface area contributed by atoms with Gasteiger partial charge in [0.15, 0.2) is 6.29 Å². The van der Waals surface area contributed by atoms with Crippen LogP contribution in [0, 0.1) is 0 Å². The van der Waals surface area contributed by atoms with E-state index in [1.807, 2.05) is 0 Å². The molecule has 0 radical (unpaired) electrons. The van der Waals surface area contributed by atoms with Crippen molar-refractivity contribution in [1.29, 1.82) is 0 Å². The maximum Gasteiger partial charge on any atom is 0.184 e. The topological polar surface area (TPSA) is 110 Å². The minimum atomic E-state index is -2.63. The molecule has 5 atom stereocenters. The van der Waals surface area contributed by atoms with E-state index in [0.29, 0.717) is 0 Å². The maximum absolute atomic E-state index is 9.20. The van der Waals surface area contributed by atoms with Crippen molar-refractivity contribution in [3.8, 4) is 0 Å². The lowest BCUT2D eigenvalue weighted by Crippen LogP contribution is -2.58. The highest BCUT2D eigenvalue weighted by Gasteiger charge is 2.42. The highest BCUT2D eigenvalue weighted by Crippen LogP contribution is 2.18. The lowest BCUT2D eigenvalue weighted by molar-refractivity contribution is -0.286. The molecule has 1 aliphatic heterocycles. The molecule has 1 saturated heterocycles. The summed E-state index contributed by atoms with van der Waals surface area (Å²) in [7, 11) is 0. The van der Waals surface area contributed by atoms with Crippen molar-refractivity contribution in [2.75, 3.05) is 6.61 Å². The van der Waals surface area contributed by atoms with E-state index in [1.54, 1.807) is 0 Å². The molecular formula is C6H12O6. The first-order valence-corrected chi connectivity index (χ1v) is 3.44. The Morgan fingerprint density at radius 1 is 1.17 bits per heavy atom. The molecule has 72 valence electrons. The third kappa shape index (κ3) is 1.58. The summed E-state index contributed by atoms with van der Waals surface area (Å²) in [6, 6.07) is 0. The molecule has 0 aromatic carbocycles. The molecule has 5 N–H and O–H groups in total. The van der Waals surface area contributed by atoms with E-state index in [2.05, 4.69) is 4.74 Å². The number of hydrogen-bond acceptors (Lipinski definition) is 6. The molecule has 0 spiro atoms. The Kier molecular flexibility index (Phi) is 2.54. The van der Waals surface area contributed by atoms with Gasteiger partial charge in [-0.25, -0.2) is 0 Å². The van der Waals surface area contributed by atoms with Crippen LogP contribution in [0.4, 0.5) is 0 Å². The maximum atomic E-state index is 9.20. The Morgan fingerprint density at radius 2 is 1.75 bits per heavy atom. The quantitative estimate of drug-likeness (QED) is 0.291. The van der Waals surface area contributed by atoms with Crippen molar-refractivity contribution in [2.24, 2.45) is 0 Å². The van der Waals surface area contributed by atoms with Crippen LogP contribution in [-0.2, 0) is 4.74 Å². The van der Waals surface area contributed by atoms with Gasteiger partial charge in [0.2, 0.25) is 0 Å². The highest BCUT2D eigenvalue weighted by molar-refractivity contribution is 4.87. The molecule has 6 nitrogen and oxygen atoms in total. The van der Waals surface area contributed by atoms with Gasteiger partial charge in [0, 0.05) is 0 Å². The van der Waals surface area contributed by atoms with E-state index in [-0.39, 0.29) is 0 Å². The van der Waals surface area contributed by atoms with Gasteiger partial charge in [-0.1, -0.05) is 0 Å². The number of hydrogen-bond donors (Lipinski definition) is 5. The Bertz CT molecular complexity index is 186. The molecule has 1 rings (SSSR count). The van der Waals surface area contributed by atoms with E-state index >= 15 is 0 Å². The average Bonchev–Trinajstić information content (AvgIpc) is 2.09. The van der Waals surface area contributed by atoms with Crippen LogP contribution in [0.25, 0.3) is 0 Å². The van der Waals surface area contributed by atoms with Crippen molar-refractivity contribution in [3.63, 3.8) is 0 Å². The third-order valence-corrected chi connectivity index (χ3v) is 1.72. The van der Waals surface area contributed by atoms with E-state index in [9.17, 15) is 10.2 Å². The summed E-state index contributed by atoms with van der Waals surface area (Å²) >= 11 is 0. The molecule has 1 unspecified atom stereocenters. The summed E-state index contributed by atoms with van der Waals surface area (Å²) in [5.41, 5.74) is 0. The largest absolute Gasteiger partial charge is 0.394 e. The molecule has 0 aromatic heterocycles. The Morgan fingerprint density at radius 3 is 2.25 bits per heavy atom. The summed E-state index contributed by atoms with van der Waals surface area (Å²) in [6.45, 7) is -0.661. The van der Waals surface area contributed by atoms with Crippen LogP contribution in [0.3, 0.4) is 0 Å². The smallest absolute Gasteiger partial charge is 0.184 e. The fraction of sp³-hybridized carbons (Fsp3) is 1.00. The molecule has 6 heteroatoms. The second-order valence-corrected chi connectivity index (χ2v) is 2.56. The van der Waals surface area contributed by atoms with Crippen LogP contribution in [-0.4, -0.2) is 62.8 Å². The molecule has 0 amide bonds. The van der Waals surface area contributed by atoms with Crippen molar-refractivity contribution in [2.45, 2.75) is 30.7 Å². The van der Waals surface area contributed by atoms with Gasteiger partial charge in [-0.05, 0) is 0 Å². The molecule has 0 saturated carbocycles. The van der Waals surface area contributed by atoms with Crippen LogP contribution in [0.15, 0.2) is 0 Å². The summed E-state index contributed by atoms with van der Waals surface area (Å²) in [4.78, 5) is 0. The first-order chi connectivity index (χ1) is 5.91. The lowest BCUT2D eigenvalue weighted by Gasteiger charge is -2.37. The summed E-state index contributed by atoms with van der Waals surface area (Å²) in [5, 5.41) is 45.0. The van der Waals surface area contributed by atoms with Gasteiger partial charge in [0.1, 0.15) is 24.4 Å². The van der Waals surface area contributed by atoms with Crippen LogP contribution in [0.5, 0.6) is 0 Å². The number of rotatable bonds is 1. The molecule has 1 aliphatic rings. The van der Waals surface area contributed by atoms with Crippen LogP contribution >= 0.6 is 0 Å². The lowest BCUT2D eigenvalue weighted by atomic mass is 10.00. The van der Waals surface area contributed by atoms with E-state index in [1.165, 1.54) is 0 Å². The van der Waals surface area contributed by atoms with Gasteiger partial charge < -0.3 is 30.3 Å². The molecule has 1 heterocycles. The second-order valence-electron chi connectivity index (χ2n) is 2.56. The van der Waals surface area contributed by atoms with Crippen LogP contribution in [0.1, 0.15) is 1.37 Å². The van der Waals surface area contributed by atoms with E-state index in [4.69, 9.17) is 16.7 Å². The van der Waals surface area contributed by atoms with Crippen LogP contribution < -0.4 is 0 Å². The van der Waals surface area contributed by atoms with Gasteiger partial charge in [-0.15, -0.1) is 0 Å². The Hall–Kier alpha value is -0.240. The minimum Gasteiger partial charge on any atom is -0.394 e. The number of aliphatic hydroxyl groups is 5. The predicted octanol–water partition coefficient (Wildman–Crippen LogP) is -3.22. The first kappa shape index (κ1) is 8.36. The third-order valence-electron chi connectivity index (χ3n) is 1.72. The predicted molar refractivity (Wildman–Crippen MR) is 36.0 cm³/mol. The fourth-order valence-corrected chi connectivity index (χ4v) is 0.982. The monoisotopic (exact) mass is 181 g/mol. The summed E-state index contributed by atoms with van der Waals surface area (Å²) < 4.78 is 11.6. The Labute approximate surface area is 70.0 Å². The first-order valence-electron chi connectivity index (χ1n) is 3.94. The van der Waals surface area contributed by atoms with Gasteiger partial charge in [0.25, 0.3) is 0 Å². The van der Waals surface area contributed by atoms with E-state index < -0.39 is 37.3 Å². The fourth-order valence-electron chi connectivity index (χ4n) is 0.982. The van der Waals surface area contributed by atoms with Crippen molar-refractivity contribution < 1.29 is 31.6 Å². The normalized spacial score (nSPS) is 56.6. The van der Waals surface area contributed by atoms with Crippen molar-refractivity contribution in [1.82, 2.24) is 0 Å². The Balaban J connectivity index is 2.82. The van der Waals surface area contributed by atoms with Gasteiger partial charge >= 0.3 is 0 Å². The minimum absolute atomic E-state index is 0.661. The number of aliphatic hydroxyl groups excluding tert-OH is 4. The van der Waals surface area contributed by atoms with Crippen LogP contribution in [0.2, 0.25) is 0 Å². The molecule has 0 aliphatic carbocycles. The van der Waals surface area contributed by atoms with Gasteiger partial charge in [0.05, 0.1) is 7.98 Å². The highest BCUT2D eigenvalue weighted by atomic mass is 16.6.